The number of likely N-dealkylation sites (N-methyl/N-ethyl adjacent to an activating group) is 1. The quantitative estimate of drug-likeness (QED) is 0.0243. The number of carbonyl (C=O) groups is 1. The van der Waals surface area contributed by atoms with Crippen molar-refractivity contribution in [1.82, 2.24) is 5.32 Å². The maximum Gasteiger partial charge on any atom is 0.472 e. The highest BCUT2D eigenvalue weighted by Gasteiger charge is 2.27. The molecule has 0 rings (SSSR count). The van der Waals surface area contributed by atoms with Gasteiger partial charge in [0, 0.05) is 6.42 Å². The number of carbonyl (C=O) groups excluding carboxylic acids is 1. The molecule has 3 N–H and O–H groups in total. The van der Waals surface area contributed by atoms with Crippen LogP contribution in [-0.2, 0) is 18.4 Å². The molecule has 0 aliphatic rings. The van der Waals surface area contributed by atoms with Crippen molar-refractivity contribution >= 4 is 13.7 Å². The van der Waals surface area contributed by atoms with Crippen molar-refractivity contribution in [2.45, 2.75) is 321 Å². The lowest BCUT2D eigenvalue weighted by molar-refractivity contribution is -0.870. The van der Waals surface area contributed by atoms with E-state index < -0.39 is 20.0 Å². The van der Waals surface area contributed by atoms with E-state index in [2.05, 4.69) is 43.5 Å². The topological polar surface area (TPSA) is 105 Å². The molecular formula is C63H124N2O6P+. The number of nitrogens with one attached hydrogen (secondary N) is 1. The van der Waals surface area contributed by atoms with E-state index in [0.717, 1.165) is 38.5 Å². The van der Waals surface area contributed by atoms with Crippen molar-refractivity contribution in [2.75, 3.05) is 40.9 Å². The largest absolute Gasteiger partial charge is 0.472 e. The lowest BCUT2D eigenvalue weighted by Crippen LogP contribution is -2.45. The first-order valence-corrected chi connectivity index (χ1v) is 32.9. The molecule has 0 saturated carbocycles. The molecule has 0 heterocycles. The first kappa shape index (κ1) is 70.7. The fourth-order valence-corrected chi connectivity index (χ4v) is 10.1. The summed E-state index contributed by atoms with van der Waals surface area (Å²) in [5.41, 5.74) is 0. The highest BCUT2D eigenvalue weighted by molar-refractivity contribution is 7.47. The third-order valence-corrected chi connectivity index (χ3v) is 15.3. The number of allylic oxidation sites excluding steroid dienone is 5. The number of phosphoric ester groups is 1. The van der Waals surface area contributed by atoms with E-state index in [-0.39, 0.29) is 19.1 Å². The van der Waals surface area contributed by atoms with E-state index in [1.165, 1.54) is 250 Å². The van der Waals surface area contributed by atoms with Crippen LogP contribution in [0.15, 0.2) is 36.5 Å². The number of phosphoric acid groups is 1. The van der Waals surface area contributed by atoms with Gasteiger partial charge in [-0.2, -0.15) is 0 Å². The summed E-state index contributed by atoms with van der Waals surface area (Å²) in [5.74, 6) is -0.185. The number of amides is 1. The molecule has 8 nitrogen and oxygen atoms in total. The monoisotopic (exact) mass is 1040 g/mol. The number of aliphatic hydroxyl groups is 1. The second-order valence-corrected chi connectivity index (χ2v) is 24.2. The van der Waals surface area contributed by atoms with Gasteiger partial charge in [0.2, 0.25) is 5.91 Å². The van der Waals surface area contributed by atoms with Gasteiger partial charge in [-0.25, -0.2) is 4.57 Å². The van der Waals surface area contributed by atoms with E-state index >= 15 is 0 Å². The summed E-state index contributed by atoms with van der Waals surface area (Å²) in [5, 5.41) is 13.8. The molecule has 0 aliphatic heterocycles. The van der Waals surface area contributed by atoms with Gasteiger partial charge < -0.3 is 19.8 Å². The summed E-state index contributed by atoms with van der Waals surface area (Å²) in [7, 11) is 1.56. The Hall–Kier alpha value is -1.28. The molecule has 0 bridgehead atoms. The van der Waals surface area contributed by atoms with Crippen LogP contribution < -0.4 is 5.32 Å². The Kier molecular flexibility index (Phi) is 53.5. The fourth-order valence-electron chi connectivity index (χ4n) is 9.41. The van der Waals surface area contributed by atoms with Crippen LogP contribution in [0.4, 0.5) is 0 Å². The van der Waals surface area contributed by atoms with E-state index in [0.29, 0.717) is 17.4 Å². The molecule has 1 amide bonds. The average Bonchev–Trinajstić information content (AvgIpc) is 3.34. The first-order valence-electron chi connectivity index (χ1n) is 31.4. The predicted octanol–water partition coefficient (Wildman–Crippen LogP) is 19.3. The van der Waals surface area contributed by atoms with Crippen molar-refractivity contribution in [3.8, 4) is 0 Å². The van der Waals surface area contributed by atoms with E-state index in [1.54, 1.807) is 6.08 Å². The Bertz CT molecular complexity index is 1270. The van der Waals surface area contributed by atoms with Crippen LogP contribution in [0.3, 0.4) is 0 Å². The zero-order valence-electron chi connectivity index (χ0n) is 48.7. The number of hydrogen-bond donors (Lipinski definition) is 3. The molecular weight excluding hydrogens is 912 g/mol. The molecule has 426 valence electrons. The highest BCUT2D eigenvalue weighted by Crippen LogP contribution is 2.43. The highest BCUT2D eigenvalue weighted by atomic mass is 31.2. The Morgan fingerprint density at radius 2 is 0.764 bits per heavy atom. The van der Waals surface area contributed by atoms with Crippen molar-refractivity contribution in [2.24, 2.45) is 0 Å². The Morgan fingerprint density at radius 3 is 1.14 bits per heavy atom. The van der Waals surface area contributed by atoms with Crippen molar-refractivity contribution in [1.29, 1.82) is 0 Å². The van der Waals surface area contributed by atoms with Crippen LogP contribution in [0.5, 0.6) is 0 Å². The van der Waals surface area contributed by atoms with Crippen molar-refractivity contribution in [3.05, 3.63) is 36.5 Å². The second-order valence-electron chi connectivity index (χ2n) is 22.8. The van der Waals surface area contributed by atoms with Crippen LogP contribution in [-0.4, -0.2) is 73.4 Å². The van der Waals surface area contributed by atoms with Gasteiger partial charge in [0.05, 0.1) is 39.9 Å². The van der Waals surface area contributed by atoms with Crippen LogP contribution in [0.25, 0.3) is 0 Å². The summed E-state index contributed by atoms with van der Waals surface area (Å²) in [6, 6.07) is -0.859. The summed E-state index contributed by atoms with van der Waals surface area (Å²) < 4.78 is 23.6. The van der Waals surface area contributed by atoms with Gasteiger partial charge in [0.1, 0.15) is 13.2 Å². The average molecular weight is 1040 g/mol. The summed E-state index contributed by atoms with van der Waals surface area (Å²) >= 11 is 0. The van der Waals surface area contributed by atoms with Crippen LogP contribution in [0.1, 0.15) is 309 Å². The zero-order chi connectivity index (χ0) is 52.7. The third-order valence-electron chi connectivity index (χ3n) is 14.3. The Labute approximate surface area is 448 Å². The Morgan fingerprint density at radius 1 is 0.458 bits per heavy atom. The van der Waals surface area contributed by atoms with E-state index in [4.69, 9.17) is 9.05 Å². The molecule has 0 aromatic rings. The van der Waals surface area contributed by atoms with Crippen molar-refractivity contribution in [3.63, 3.8) is 0 Å². The van der Waals surface area contributed by atoms with Gasteiger partial charge in [-0.1, -0.05) is 281 Å². The van der Waals surface area contributed by atoms with Gasteiger partial charge in [-0.05, 0) is 57.8 Å². The molecule has 9 heteroatoms. The summed E-state index contributed by atoms with van der Waals surface area (Å²) in [6.45, 7) is 4.76. The maximum atomic E-state index is 12.9. The normalized spacial score (nSPS) is 14.0. The SMILES string of the molecule is CCCCC/C=C/CC/C=C/C(O)C(COP(=O)(O)OCC[N+](C)(C)C)NC(=O)CCCCCCCCCCCCCCCCCCCCCCCCCCCCCCC/C=C\CCCCCCCCCC. The van der Waals surface area contributed by atoms with Crippen LogP contribution >= 0.6 is 7.82 Å². The van der Waals surface area contributed by atoms with Crippen LogP contribution in [0.2, 0.25) is 0 Å². The minimum atomic E-state index is -4.34. The zero-order valence-corrected chi connectivity index (χ0v) is 49.6. The van der Waals surface area contributed by atoms with Gasteiger partial charge in [-0.15, -0.1) is 0 Å². The van der Waals surface area contributed by atoms with Gasteiger partial charge in [0.25, 0.3) is 0 Å². The Balaban J connectivity index is 3.74. The number of unbranched alkanes of at least 4 members (excludes halogenated alkanes) is 41. The second kappa shape index (κ2) is 54.5. The predicted molar refractivity (Wildman–Crippen MR) is 314 cm³/mol. The first-order chi connectivity index (χ1) is 35.0. The molecule has 72 heavy (non-hydrogen) atoms. The number of rotatable bonds is 58. The van der Waals surface area contributed by atoms with Crippen molar-refractivity contribution < 1.29 is 32.9 Å². The molecule has 3 unspecified atom stereocenters. The van der Waals surface area contributed by atoms with E-state index in [1.807, 2.05) is 27.2 Å². The van der Waals surface area contributed by atoms with Gasteiger partial charge in [0.15, 0.2) is 0 Å². The number of nitrogens with zero attached hydrogens (tertiary/aromatic N) is 1. The smallest absolute Gasteiger partial charge is 0.387 e. The molecule has 0 radical (unpaired) electrons. The van der Waals surface area contributed by atoms with E-state index in [9.17, 15) is 19.4 Å². The molecule has 0 fully saturated rings. The number of quaternary nitrogens is 1. The molecule has 0 saturated heterocycles. The third kappa shape index (κ3) is 56.4. The molecule has 0 aliphatic carbocycles. The maximum absolute atomic E-state index is 12.9. The number of aliphatic hydroxyl groups excluding tert-OH is 1. The summed E-state index contributed by atoms with van der Waals surface area (Å²) in [4.78, 5) is 23.2. The molecule has 0 spiro atoms. The molecule has 0 aromatic carbocycles. The van der Waals surface area contributed by atoms with Crippen LogP contribution in [0, 0.1) is 0 Å². The lowest BCUT2D eigenvalue weighted by atomic mass is 10.0. The minimum absolute atomic E-state index is 0.0575. The minimum Gasteiger partial charge on any atom is -0.387 e. The molecule has 3 atom stereocenters. The number of hydrogen-bond acceptors (Lipinski definition) is 5. The standard InChI is InChI=1S/C63H123N2O6P/c1-6-8-10-12-14-16-17-18-19-20-21-22-23-24-25-26-27-28-29-30-31-32-33-34-35-36-37-38-39-40-41-42-43-44-45-46-47-49-51-53-55-57-63(67)64-61(60-71-72(68,69)70-59-58-65(3,4)5)62(66)56-54-52-50-48-15-13-11-9-7-2/h15,20-21,48,54,56,61-62,66H,6-14,16-19,22-47,49-53,55,57-60H2,1-5H3,(H-,64,67,68,69)/p+1/b21-20-,48-15+,56-54+. The summed E-state index contributed by atoms with van der Waals surface area (Å²) in [6.07, 6.45) is 71.8. The molecule has 0 aromatic heterocycles. The fraction of sp³-hybridized carbons (Fsp3) is 0.889. The van der Waals surface area contributed by atoms with Gasteiger partial charge >= 0.3 is 7.82 Å². The lowest BCUT2D eigenvalue weighted by Gasteiger charge is -2.25. The van der Waals surface area contributed by atoms with Gasteiger partial charge in [-0.3, -0.25) is 13.8 Å².